The number of amides is 1. The number of hydrogen-bond acceptors (Lipinski definition) is 4. The van der Waals surface area contributed by atoms with Crippen molar-refractivity contribution in [2.45, 2.75) is 38.1 Å². The highest BCUT2D eigenvalue weighted by Crippen LogP contribution is 2.28. The van der Waals surface area contributed by atoms with Crippen LogP contribution >= 0.6 is 0 Å². The Labute approximate surface area is 118 Å². The summed E-state index contributed by atoms with van der Waals surface area (Å²) in [5.41, 5.74) is 0.333. The van der Waals surface area contributed by atoms with Crippen molar-refractivity contribution in [3.63, 3.8) is 0 Å². The minimum absolute atomic E-state index is 0.0771. The number of hydrogen-bond donors (Lipinski definition) is 3. The SMILES string of the molecule is O=C(c1ccc(O)c(O)c1)N(CCO)C1CCCCC1. The lowest BCUT2D eigenvalue weighted by Gasteiger charge is -2.34. The molecule has 2 rings (SSSR count). The number of carbonyl (C=O) groups excluding carboxylic acids is 1. The summed E-state index contributed by atoms with van der Waals surface area (Å²) in [5, 5.41) is 28.0. The molecule has 1 aromatic rings. The second-order valence-electron chi connectivity index (χ2n) is 5.22. The largest absolute Gasteiger partial charge is 0.504 e. The van der Waals surface area contributed by atoms with E-state index in [9.17, 15) is 20.1 Å². The molecule has 20 heavy (non-hydrogen) atoms. The zero-order chi connectivity index (χ0) is 14.5. The Kier molecular flexibility index (Phi) is 4.84. The molecule has 1 aliphatic carbocycles. The molecule has 110 valence electrons. The summed E-state index contributed by atoms with van der Waals surface area (Å²) in [6.07, 6.45) is 5.30. The molecule has 1 saturated carbocycles. The van der Waals surface area contributed by atoms with Crippen LogP contribution in [0.1, 0.15) is 42.5 Å². The van der Waals surface area contributed by atoms with Crippen LogP contribution in [0, 0.1) is 0 Å². The number of aliphatic hydroxyl groups excluding tert-OH is 1. The van der Waals surface area contributed by atoms with Crippen molar-refractivity contribution in [1.29, 1.82) is 0 Å². The van der Waals surface area contributed by atoms with E-state index >= 15 is 0 Å². The first-order valence-corrected chi connectivity index (χ1v) is 7.07. The van der Waals surface area contributed by atoms with Crippen LogP contribution in [-0.4, -0.2) is 45.3 Å². The molecule has 0 aromatic heterocycles. The molecule has 5 heteroatoms. The van der Waals surface area contributed by atoms with E-state index in [0.29, 0.717) is 12.1 Å². The van der Waals surface area contributed by atoms with Gasteiger partial charge in [0.15, 0.2) is 11.5 Å². The standard InChI is InChI=1S/C15H21NO4/c17-9-8-16(12-4-2-1-3-5-12)15(20)11-6-7-13(18)14(19)10-11/h6-7,10,12,17-19H,1-5,8-9H2. The Balaban J connectivity index is 2.18. The molecule has 0 atom stereocenters. The summed E-state index contributed by atoms with van der Waals surface area (Å²) in [6.45, 7) is 0.220. The van der Waals surface area contributed by atoms with Crippen molar-refractivity contribution in [1.82, 2.24) is 4.90 Å². The number of nitrogens with zero attached hydrogens (tertiary/aromatic N) is 1. The van der Waals surface area contributed by atoms with Crippen LogP contribution in [0.25, 0.3) is 0 Å². The van der Waals surface area contributed by atoms with Crippen LogP contribution in [0.4, 0.5) is 0 Å². The monoisotopic (exact) mass is 279 g/mol. The van der Waals surface area contributed by atoms with Crippen LogP contribution in [0.15, 0.2) is 18.2 Å². The first kappa shape index (κ1) is 14.7. The van der Waals surface area contributed by atoms with Crippen LogP contribution in [-0.2, 0) is 0 Å². The quantitative estimate of drug-likeness (QED) is 0.735. The Morgan fingerprint density at radius 1 is 1.15 bits per heavy atom. The summed E-state index contributed by atoms with van der Waals surface area (Å²) in [6, 6.07) is 4.22. The van der Waals surface area contributed by atoms with Gasteiger partial charge in [-0.05, 0) is 31.0 Å². The first-order chi connectivity index (χ1) is 9.63. The second-order valence-corrected chi connectivity index (χ2v) is 5.22. The molecule has 1 aliphatic rings. The fourth-order valence-electron chi connectivity index (χ4n) is 2.77. The Hall–Kier alpha value is -1.75. The predicted octanol–water partition coefficient (Wildman–Crippen LogP) is 1.86. The van der Waals surface area contributed by atoms with E-state index < -0.39 is 0 Å². The van der Waals surface area contributed by atoms with Gasteiger partial charge in [-0.1, -0.05) is 19.3 Å². The fourth-order valence-corrected chi connectivity index (χ4v) is 2.77. The first-order valence-electron chi connectivity index (χ1n) is 7.07. The molecule has 0 saturated heterocycles. The molecule has 0 unspecified atom stereocenters. The molecule has 1 fully saturated rings. The maximum atomic E-state index is 12.5. The lowest BCUT2D eigenvalue weighted by atomic mass is 9.93. The topological polar surface area (TPSA) is 81.0 Å². The molecule has 0 aliphatic heterocycles. The molecule has 0 spiro atoms. The normalized spacial score (nSPS) is 16.1. The van der Waals surface area contributed by atoms with E-state index in [4.69, 9.17) is 0 Å². The summed E-state index contributed by atoms with van der Waals surface area (Å²) in [7, 11) is 0. The molecule has 0 heterocycles. The van der Waals surface area contributed by atoms with Crippen molar-refractivity contribution in [3.8, 4) is 11.5 Å². The van der Waals surface area contributed by atoms with E-state index in [0.717, 1.165) is 25.7 Å². The molecule has 1 aromatic carbocycles. The van der Waals surface area contributed by atoms with E-state index in [2.05, 4.69) is 0 Å². The Morgan fingerprint density at radius 3 is 2.45 bits per heavy atom. The number of phenols is 2. The molecule has 0 bridgehead atoms. The summed E-state index contributed by atoms with van der Waals surface area (Å²) >= 11 is 0. The Bertz CT molecular complexity index is 469. The van der Waals surface area contributed by atoms with Gasteiger partial charge in [-0.2, -0.15) is 0 Å². The molecule has 3 N–H and O–H groups in total. The van der Waals surface area contributed by atoms with Crippen LogP contribution in [0.5, 0.6) is 11.5 Å². The zero-order valence-electron chi connectivity index (χ0n) is 11.5. The van der Waals surface area contributed by atoms with Gasteiger partial charge < -0.3 is 20.2 Å². The van der Waals surface area contributed by atoms with Gasteiger partial charge in [0.1, 0.15) is 0 Å². The minimum atomic E-state index is -0.302. The van der Waals surface area contributed by atoms with Crippen molar-refractivity contribution in [3.05, 3.63) is 23.8 Å². The average Bonchev–Trinajstić information content (AvgIpc) is 2.48. The maximum absolute atomic E-state index is 12.5. The maximum Gasteiger partial charge on any atom is 0.254 e. The van der Waals surface area contributed by atoms with E-state index in [1.54, 1.807) is 4.90 Å². The predicted molar refractivity (Wildman–Crippen MR) is 74.8 cm³/mol. The molecular weight excluding hydrogens is 258 g/mol. The number of benzene rings is 1. The van der Waals surface area contributed by atoms with E-state index in [1.165, 1.54) is 24.6 Å². The minimum Gasteiger partial charge on any atom is -0.504 e. The van der Waals surface area contributed by atoms with Crippen molar-refractivity contribution < 1.29 is 20.1 Å². The van der Waals surface area contributed by atoms with Gasteiger partial charge >= 0.3 is 0 Å². The smallest absolute Gasteiger partial charge is 0.254 e. The molecule has 1 amide bonds. The van der Waals surface area contributed by atoms with Gasteiger partial charge in [-0.3, -0.25) is 4.79 Å². The third-order valence-corrected chi connectivity index (χ3v) is 3.84. The van der Waals surface area contributed by atoms with Gasteiger partial charge in [0.25, 0.3) is 5.91 Å². The third-order valence-electron chi connectivity index (χ3n) is 3.84. The van der Waals surface area contributed by atoms with Gasteiger partial charge in [0.2, 0.25) is 0 Å². The van der Waals surface area contributed by atoms with Crippen LogP contribution < -0.4 is 0 Å². The van der Waals surface area contributed by atoms with E-state index in [-0.39, 0.29) is 30.1 Å². The summed E-state index contributed by atoms with van der Waals surface area (Å²) < 4.78 is 0. The number of carbonyl (C=O) groups is 1. The molecule has 0 radical (unpaired) electrons. The van der Waals surface area contributed by atoms with Crippen molar-refractivity contribution in [2.24, 2.45) is 0 Å². The molecular formula is C15H21NO4. The highest BCUT2D eigenvalue weighted by Gasteiger charge is 2.26. The number of aromatic hydroxyl groups is 2. The summed E-state index contributed by atoms with van der Waals surface area (Å²) in [5.74, 6) is -0.752. The van der Waals surface area contributed by atoms with Gasteiger partial charge in [-0.25, -0.2) is 0 Å². The van der Waals surface area contributed by atoms with Gasteiger partial charge in [0.05, 0.1) is 6.61 Å². The second kappa shape index (κ2) is 6.61. The van der Waals surface area contributed by atoms with E-state index in [1.807, 2.05) is 0 Å². The lowest BCUT2D eigenvalue weighted by Crippen LogP contribution is -2.43. The lowest BCUT2D eigenvalue weighted by molar-refractivity contribution is 0.0585. The fraction of sp³-hybridized carbons (Fsp3) is 0.533. The van der Waals surface area contributed by atoms with Gasteiger partial charge in [0, 0.05) is 18.2 Å². The average molecular weight is 279 g/mol. The van der Waals surface area contributed by atoms with Gasteiger partial charge in [-0.15, -0.1) is 0 Å². The number of rotatable bonds is 4. The van der Waals surface area contributed by atoms with Crippen LogP contribution in [0.3, 0.4) is 0 Å². The van der Waals surface area contributed by atoms with Crippen molar-refractivity contribution in [2.75, 3.05) is 13.2 Å². The highest BCUT2D eigenvalue weighted by atomic mass is 16.3. The Morgan fingerprint density at radius 2 is 1.85 bits per heavy atom. The van der Waals surface area contributed by atoms with Crippen molar-refractivity contribution >= 4 is 5.91 Å². The molecule has 5 nitrogen and oxygen atoms in total. The number of phenolic OH excluding ortho intramolecular Hbond substituents is 2. The highest BCUT2D eigenvalue weighted by molar-refractivity contribution is 5.95. The zero-order valence-corrected chi connectivity index (χ0v) is 11.5. The number of aliphatic hydroxyl groups is 1. The van der Waals surface area contributed by atoms with Crippen LogP contribution in [0.2, 0.25) is 0 Å². The summed E-state index contributed by atoms with van der Waals surface area (Å²) in [4.78, 5) is 14.2. The third kappa shape index (κ3) is 3.22.